The van der Waals surface area contributed by atoms with E-state index < -0.39 is 26.9 Å². The number of carbonyl (C=O) groups is 1. The topological polar surface area (TPSA) is 58.6 Å². The molecule has 1 aromatic carbocycles. The lowest BCUT2D eigenvalue weighted by Gasteiger charge is -2.43. The summed E-state index contributed by atoms with van der Waals surface area (Å²) in [5, 5.41) is 0. The van der Waals surface area contributed by atoms with Gasteiger partial charge in [0.2, 0.25) is 0 Å². The number of rotatable bonds is 4. The van der Waals surface area contributed by atoms with Crippen molar-refractivity contribution < 1.29 is 13.7 Å². The van der Waals surface area contributed by atoms with E-state index in [1.54, 1.807) is 0 Å². The molecule has 6 heteroatoms. The van der Waals surface area contributed by atoms with Crippen LogP contribution in [0, 0.1) is 0 Å². The molecule has 3 rings (SSSR count). The molecule has 2 aliphatic rings. The van der Waals surface area contributed by atoms with Gasteiger partial charge in [0.25, 0.3) is 0 Å². The van der Waals surface area contributed by atoms with Crippen molar-refractivity contribution >= 4 is 17.1 Å². The molecule has 2 unspecified atom stereocenters. The minimum Gasteiger partial charge on any atom is -0.444 e. The number of nitrogens with zero attached hydrogens (tertiary/aromatic N) is 1. The van der Waals surface area contributed by atoms with Gasteiger partial charge < -0.3 is 4.74 Å². The zero-order valence-electron chi connectivity index (χ0n) is 18.0. The number of carbonyl (C=O) groups excluding carboxylic acids is 1. The quantitative estimate of drug-likeness (QED) is 0.788. The predicted octanol–water partition coefficient (Wildman–Crippen LogP) is 4.71. The van der Waals surface area contributed by atoms with E-state index in [1.807, 2.05) is 64.6 Å². The van der Waals surface area contributed by atoms with E-state index in [-0.39, 0.29) is 18.2 Å². The molecule has 0 spiro atoms. The number of ether oxygens (including phenoxy) is 1. The molecular formula is C22H34N2O3S. The van der Waals surface area contributed by atoms with Crippen molar-refractivity contribution in [1.29, 1.82) is 0 Å². The summed E-state index contributed by atoms with van der Waals surface area (Å²) in [7, 11) is -1.25. The molecule has 2 fully saturated rings. The summed E-state index contributed by atoms with van der Waals surface area (Å²) < 4.78 is 21.8. The second-order valence-corrected chi connectivity index (χ2v) is 12.0. The average Bonchev–Trinajstić information content (AvgIpc) is 3.14. The summed E-state index contributed by atoms with van der Waals surface area (Å²) in [5.41, 5.74) is 0.121. The Labute approximate surface area is 171 Å². The molecule has 1 N–H and O–H groups in total. The van der Waals surface area contributed by atoms with Crippen LogP contribution in [0.15, 0.2) is 30.3 Å². The van der Waals surface area contributed by atoms with Crippen LogP contribution in [0.5, 0.6) is 0 Å². The molecule has 28 heavy (non-hydrogen) atoms. The Morgan fingerprint density at radius 2 is 1.71 bits per heavy atom. The molecule has 0 aliphatic carbocycles. The van der Waals surface area contributed by atoms with Crippen LogP contribution < -0.4 is 4.72 Å². The molecule has 2 bridgehead atoms. The van der Waals surface area contributed by atoms with E-state index in [1.165, 1.54) is 0 Å². The lowest BCUT2D eigenvalue weighted by atomic mass is 9.79. The van der Waals surface area contributed by atoms with Gasteiger partial charge >= 0.3 is 6.09 Å². The fourth-order valence-corrected chi connectivity index (χ4v) is 5.38. The highest BCUT2D eigenvalue weighted by molar-refractivity contribution is 7.84. The van der Waals surface area contributed by atoms with Crippen LogP contribution in [0.4, 0.5) is 4.79 Å². The number of benzene rings is 1. The maximum absolute atomic E-state index is 13.1. The van der Waals surface area contributed by atoms with Crippen LogP contribution >= 0.6 is 0 Å². The van der Waals surface area contributed by atoms with Crippen molar-refractivity contribution in [2.75, 3.05) is 0 Å². The number of fused-ring (bicyclic) bond motifs is 2. The van der Waals surface area contributed by atoms with Gasteiger partial charge in [0.1, 0.15) is 5.60 Å². The molecule has 1 aromatic rings. The first kappa shape index (κ1) is 21.3. The summed E-state index contributed by atoms with van der Waals surface area (Å²) >= 11 is 0. The summed E-state index contributed by atoms with van der Waals surface area (Å²) in [4.78, 5) is 15.1. The zero-order valence-corrected chi connectivity index (χ0v) is 18.8. The maximum Gasteiger partial charge on any atom is 0.411 e. The van der Waals surface area contributed by atoms with Crippen molar-refractivity contribution in [3.05, 3.63) is 35.9 Å². The van der Waals surface area contributed by atoms with Crippen molar-refractivity contribution in [1.82, 2.24) is 9.62 Å². The fourth-order valence-electron chi connectivity index (χ4n) is 4.45. The van der Waals surface area contributed by atoms with Gasteiger partial charge in [0, 0.05) is 6.04 Å². The number of nitrogens with one attached hydrogen (secondary N) is 1. The Morgan fingerprint density at radius 3 is 2.21 bits per heavy atom. The van der Waals surface area contributed by atoms with E-state index in [2.05, 4.69) is 16.9 Å². The third kappa shape index (κ3) is 4.13. The van der Waals surface area contributed by atoms with Gasteiger partial charge in [-0.1, -0.05) is 30.3 Å². The summed E-state index contributed by atoms with van der Waals surface area (Å²) in [5.74, 6) is 0. The Balaban J connectivity index is 2.00. The third-order valence-corrected chi connectivity index (χ3v) is 7.27. The van der Waals surface area contributed by atoms with Crippen LogP contribution in [0.25, 0.3) is 0 Å². The van der Waals surface area contributed by atoms with Crippen molar-refractivity contribution in [3.8, 4) is 0 Å². The Bertz CT molecular complexity index is 728. The monoisotopic (exact) mass is 406 g/mol. The van der Waals surface area contributed by atoms with Crippen molar-refractivity contribution in [2.45, 2.75) is 95.2 Å². The number of hydrogen-bond acceptors (Lipinski definition) is 3. The molecule has 0 radical (unpaired) electrons. The van der Waals surface area contributed by atoms with Crippen LogP contribution in [-0.2, 0) is 15.7 Å². The second kappa shape index (κ2) is 7.45. The highest BCUT2D eigenvalue weighted by Crippen LogP contribution is 2.53. The largest absolute Gasteiger partial charge is 0.444 e. The number of hydrogen-bond donors (Lipinski definition) is 1. The van der Waals surface area contributed by atoms with Crippen molar-refractivity contribution in [2.24, 2.45) is 0 Å². The highest BCUT2D eigenvalue weighted by Gasteiger charge is 2.59. The molecule has 2 aliphatic heterocycles. The molecular weight excluding hydrogens is 372 g/mol. The van der Waals surface area contributed by atoms with Gasteiger partial charge in [-0.2, -0.15) is 0 Å². The first-order valence-electron chi connectivity index (χ1n) is 10.2. The normalized spacial score (nSPS) is 26.9. The van der Waals surface area contributed by atoms with Gasteiger partial charge in [0.15, 0.2) is 0 Å². The molecule has 156 valence electrons. The van der Waals surface area contributed by atoms with E-state index in [0.717, 1.165) is 31.2 Å². The molecule has 2 heterocycles. The van der Waals surface area contributed by atoms with Crippen LogP contribution in [0.1, 0.15) is 78.8 Å². The minimum absolute atomic E-state index is 0.200. The van der Waals surface area contributed by atoms with Gasteiger partial charge in [-0.15, -0.1) is 0 Å². The first-order valence-corrected chi connectivity index (χ1v) is 11.3. The minimum atomic E-state index is -1.25. The zero-order chi connectivity index (χ0) is 20.7. The van der Waals surface area contributed by atoms with Gasteiger partial charge in [-0.3, -0.25) is 4.90 Å². The molecule has 5 nitrogen and oxygen atoms in total. The molecule has 0 aromatic heterocycles. The predicted molar refractivity (Wildman–Crippen MR) is 113 cm³/mol. The fraction of sp³-hybridized carbons (Fsp3) is 0.682. The maximum atomic E-state index is 13.1. The van der Waals surface area contributed by atoms with E-state index in [4.69, 9.17) is 4.74 Å². The van der Waals surface area contributed by atoms with Gasteiger partial charge in [-0.05, 0) is 72.8 Å². The Hall–Kier alpha value is -1.40. The highest BCUT2D eigenvalue weighted by atomic mass is 32.2. The summed E-state index contributed by atoms with van der Waals surface area (Å²) in [6.07, 6.45) is 3.46. The average molecular weight is 407 g/mol. The number of amides is 1. The lowest BCUT2D eigenvalue weighted by molar-refractivity contribution is 0.00427. The third-order valence-electron chi connectivity index (χ3n) is 5.71. The SMILES string of the molecule is CC(C)(C)OC(=O)N1C2CCC1(C(NS(=O)C(C)(C)C)c1ccccc1)CC2. The molecule has 1 amide bonds. The Kier molecular flexibility index (Phi) is 5.67. The lowest BCUT2D eigenvalue weighted by Crippen LogP contribution is -2.55. The second-order valence-electron chi connectivity index (χ2n) is 10.0. The van der Waals surface area contributed by atoms with Crippen LogP contribution in [0.3, 0.4) is 0 Å². The van der Waals surface area contributed by atoms with E-state index >= 15 is 0 Å². The summed E-state index contributed by atoms with van der Waals surface area (Å²) in [6.45, 7) is 11.6. The van der Waals surface area contributed by atoms with Crippen LogP contribution in [-0.4, -0.2) is 37.1 Å². The standard InChI is InChI=1S/C22H34N2O3S/c1-20(2,3)27-19(25)24-17-12-14-22(24,15-13-17)18(16-10-8-7-9-11-16)23-28(26)21(4,5)6/h7-11,17-18,23H,12-15H2,1-6H3. The molecule has 2 atom stereocenters. The van der Waals surface area contributed by atoms with Crippen molar-refractivity contribution in [3.63, 3.8) is 0 Å². The molecule has 0 saturated carbocycles. The summed E-state index contributed by atoms with van der Waals surface area (Å²) in [6, 6.07) is 10.1. The smallest absolute Gasteiger partial charge is 0.411 e. The van der Waals surface area contributed by atoms with Gasteiger partial charge in [-0.25, -0.2) is 13.7 Å². The van der Waals surface area contributed by atoms with Gasteiger partial charge in [0.05, 0.1) is 27.3 Å². The first-order chi connectivity index (χ1) is 12.9. The Morgan fingerprint density at radius 1 is 1.14 bits per heavy atom. The van der Waals surface area contributed by atoms with Crippen LogP contribution in [0.2, 0.25) is 0 Å². The van der Waals surface area contributed by atoms with E-state index in [9.17, 15) is 9.00 Å². The molecule has 2 saturated heterocycles. The van der Waals surface area contributed by atoms with E-state index in [0.29, 0.717) is 0 Å².